The third kappa shape index (κ3) is 3.34. The molecule has 2 aromatic carbocycles. The smallest absolute Gasteiger partial charge is 0.307 e. The van der Waals surface area contributed by atoms with Gasteiger partial charge in [-0.3, -0.25) is 4.79 Å². The first-order valence-corrected chi connectivity index (χ1v) is 9.11. The summed E-state index contributed by atoms with van der Waals surface area (Å²) < 4.78 is 6.10. The fraction of sp³-hybridized carbons (Fsp3) is 0.286. The van der Waals surface area contributed by atoms with Gasteiger partial charge in [0, 0.05) is 5.41 Å². The van der Waals surface area contributed by atoms with Gasteiger partial charge in [-0.1, -0.05) is 73.4 Å². The van der Waals surface area contributed by atoms with Gasteiger partial charge >= 0.3 is 5.97 Å². The SMILES string of the molecule is CC1(C)[C@H](C(=O)O)[C@@]1(C=C(Cl)Cl)Cc1ccccc1Oc1ccccc1. The molecule has 136 valence electrons. The summed E-state index contributed by atoms with van der Waals surface area (Å²) in [6.45, 7) is 3.86. The van der Waals surface area contributed by atoms with Gasteiger partial charge < -0.3 is 9.84 Å². The van der Waals surface area contributed by atoms with Crippen molar-refractivity contribution in [3.63, 3.8) is 0 Å². The molecule has 3 rings (SSSR count). The minimum Gasteiger partial charge on any atom is -0.481 e. The molecule has 0 spiro atoms. The maximum absolute atomic E-state index is 11.8. The number of ether oxygens (including phenoxy) is 1. The van der Waals surface area contributed by atoms with E-state index in [0.29, 0.717) is 12.2 Å². The molecule has 1 N–H and O–H groups in total. The van der Waals surface area contributed by atoms with Gasteiger partial charge in [0.05, 0.1) is 5.92 Å². The third-order valence-corrected chi connectivity index (χ3v) is 5.61. The second-order valence-corrected chi connectivity index (χ2v) is 8.17. The van der Waals surface area contributed by atoms with E-state index in [9.17, 15) is 9.90 Å². The first-order chi connectivity index (χ1) is 12.3. The number of aliphatic carboxylic acids is 1. The maximum atomic E-state index is 11.8. The summed E-state index contributed by atoms with van der Waals surface area (Å²) in [5.74, 6) is 0.0170. The van der Waals surface area contributed by atoms with Crippen molar-refractivity contribution in [1.29, 1.82) is 0 Å². The molecule has 5 heteroatoms. The normalized spacial score (nSPS) is 23.2. The van der Waals surface area contributed by atoms with E-state index in [1.807, 2.05) is 68.4 Å². The summed E-state index contributed by atoms with van der Waals surface area (Å²) in [7, 11) is 0. The number of carboxylic acids is 1. The molecule has 0 aromatic heterocycles. The van der Waals surface area contributed by atoms with Crippen LogP contribution in [0.5, 0.6) is 11.5 Å². The Kier molecular flexibility index (Phi) is 5.05. The average molecular weight is 391 g/mol. The zero-order chi connectivity index (χ0) is 18.9. The highest BCUT2D eigenvalue weighted by molar-refractivity contribution is 6.55. The molecule has 0 saturated heterocycles. The van der Waals surface area contributed by atoms with Crippen LogP contribution in [0.2, 0.25) is 0 Å². The quantitative estimate of drug-likeness (QED) is 0.650. The number of carbonyl (C=O) groups is 1. The van der Waals surface area contributed by atoms with E-state index in [1.54, 1.807) is 6.08 Å². The first kappa shape index (κ1) is 18.8. The van der Waals surface area contributed by atoms with Crippen LogP contribution in [-0.2, 0) is 11.2 Å². The summed E-state index contributed by atoms with van der Waals surface area (Å²) in [4.78, 5) is 11.8. The third-order valence-electron chi connectivity index (χ3n) is 5.39. The van der Waals surface area contributed by atoms with Gasteiger partial charge in [-0.15, -0.1) is 0 Å². The molecule has 1 aliphatic rings. The minimum absolute atomic E-state index is 0.0864. The summed E-state index contributed by atoms with van der Waals surface area (Å²) in [6.07, 6.45) is 2.15. The molecule has 0 aliphatic heterocycles. The Bertz CT molecular complexity index is 841. The van der Waals surface area contributed by atoms with Crippen LogP contribution in [-0.4, -0.2) is 11.1 Å². The predicted octanol–water partition coefficient (Wildman–Crippen LogP) is 6.07. The molecular weight excluding hydrogens is 371 g/mol. The lowest BCUT2D eigenvalue weighted by atomic mass is 9.88. The molecule has 0 bridgehead atoms. The van der Waals surface area contributed by atoms with Crippen LogP contribution >= 0.6 is 23.2 Å². The number of benzene rings is 2. The van der Waals surface area contributed by atoms with Gasteiger partial charge in [-0.25, -0.2) is 0 Å². The summed E-state index contributed by atoms with van der Waals surface area (Å²) >= 11 is 11.9. The number of para-hydroxylation sites is 2. The van der Waals surface area contributed by atoms with Gasteiger partial charge in [0.15, 0.2) is 0 Å². The highest BCUT2D eigenvalue weighted by atomic mass is 35.5. The van der Waals surface area contributed by atoms with Crippen molar-refractivity contribution in [3.05, 3.63) is 70.7 Å². The van der Waals surface area contributed by atoms with E-state index in [4.69, 9.17) is 27.9 Å². The standard InChI is InChI=1S/C21H20Cl2O3/c1-20(2)18(19(24)25)21(20,13-17(22)23)12-14-8-6-7-11-16(14)26-15-9-4-3-5-10-15/h3-11,13,18H,12H2,1-2H3,(H,24,25)/t18-,21-/m0/s1. The number of allylic oxidation sites excluding steroid dienone is 1. The van der Waals surface area contributed by atoms with Crippen molar-refractivity contribution in [1.82, 2.24) is 0 Å². The highest BCUT2D eigenvalue weighted by Gasteiger charge is 2.73. The predicted molar refractivity (Wildman–Crippen MR) is 104 cm³/mol. The van der Waals surface area contributed by atoms with E-state index < -0.39 is 22.7 Å². The van der Waals surface area contributed by atoms with Crippen molar-refractivity contribution >= 4 is 29.2 Å². The Morgan fingerprint density at radius 3 is 2.31 bits per heavy atom. The van der Waals surface area contributed by atoms with E-state index in [-0.39, 0.29) is 4.49 Å². The molecule has 26 heavy (non-hydrogen) atoms. The molecule has 1 saturated carbocycles. The molecule has 2 atom stereocenters. The average Bonchev–Trinajstić information content (AvgIpc) is 3.03. The molecular formula is C21H20Cl2O3. The Hall–Kier alpha value is -1.97. The van der Waals surface area contributed by atoms with E-state index in [1.165, 1.54) is 0 Å². The maximum Gasteiger partial charge on any atom is 0.307 e. The van der Waals surface area contributed by atoms with Gasteiger partial charge in [0.2, 0.25) is 0 Å². The monoisotopic (exact) mass is 390 g/mol. The van der Waals surface area contributed by atoms with Crippen LogP contribution in [0.15, 0.2) is 65.2 Å². The Balaban J connectivity index is 1.97. The topological polar surface area (TPSA) is 46.5 Å². The van der Waals surface area contributed by atoms with E-state index >= 15 is 0 Å². The highest BCUT2D eigenvalue weighted by Crippen LogP contribution is 2.72. The van der Waals surface area contributed by atoms with Gasteiger partial charge in [0.25, 0.3) is 0 Å². The molecule has 0 amide bonds. The number of hydrogen-bond donors (Lipinski definition) is 1. The molecule has 1 fully saturated rings. The zero-order valence-corrected chi connectivity index (χ0v) is 16.1. The van der Waals surface area contributed by atoms with Crippen molar-refractivity contribution in [2.75, 3.05) is 0 Å². The number of rotatable bonds is 6. The van der Waals surface area contributed by atoms with Gasteiger partial charge in [-0.2, -0.15) is 0 Å². The second kappa shape index (κ2) is 6.98. The van der Waals surface area contributed by atoms with Gasteiger partial charge in [-0.05, 0) is 41.7 Å². The van der Waals surface area contributed by atoms with E-state index in [0.717, 1.165) is 11.3 Å². The largest absolute Gasteiger partial charge is 0.481 e. The lowest BCUT2D eigenvalue weighted by Crippen LogP contribution is -2.13. The Morgan fingerprint density at radius 2 is 1.73 bits per heavy atom. The van der Waals surface area contributed by atoms with Crippen LogP contribution in [0.1, 0.15) is 19.4 Å². The van der Waals surface area contributed by atoms with Crippen LogP contribution in [0.25, 0.3) is 0 Å². The second-order valence-electron chi connectivity index (χ2n) is 7.17. The van der Waals surface area contributed by atoms with Gasteiger partial charge in [0.1, 0.15) is 16.0 Å². The summed E-state index contributed by atoms with van der Waals surface area (Å²) in [5.41, 5.74) is -0.208. The first-order valence-electron chi connectivity index (χ1n) is 8.35. The number of halogens is 2. The molecule has 0 heterocycles. The zero-order valence-electron chi connectivity index (χ0n) is 14.6. The summed E-state index contributed by atoms with van der Waals surface area (Å²) in [5, 5.41) is 9.67. The van der Waals surface area contributed by atoms with Crippen LogP contribution in [0, 0.1) is 16.7 Å². The Morgan fingerprint density at radius 1 is 1.12 bits per heavy atom. The van der Waals surface area contributed by atoms with E-state index in [2.05, 4.69) is 0 Å². The van der Waals surface area contributed by atoms with Crippen LogP contribution in [0.4, 0.5) is 0 Å². The molecule has 2 aromatic rings. The molecule has 0 unspecified atom stereocenters. The fourth-order valence-electron chi connectivity index (χ4n) is 3.94. The fourth-order valence-corrected chi connectivity index (χ4v) is 4.33. The molecule has 3 nitrogen and oxygen atoms in total. The minimum atomic E-state index is -0.845. The van der Waals surface area contributed by atoms with Crippen LogP contribution in [0.3, 0.4) is 0 Å². The number of hydrogen-bond acceptors (Lipinski definition) is 2. The van der Waals surface area contributed by atoms with Crippen LogP contribution < -0.4 is 4.74 Å². The van der Waals surface area contributed by atoms with Crippen molar-refractivity contribution in [3.8, 4) is 11.5 Å². The Labute approximate surface area is 163 Å². The number of carboxylic acid groups (broad SMARTS) is 1. The lowest BCUT2D eigenvalue weighted by molar-refractivity contribution is -0.139. The lowest BCUT2D eigenvalue weighted by Gasteiger charge is -2.19. The van der Waals surface area contributed by atoms with Crippen molar-refractivity contribution < 1.29 is 14.6 Å². The molecule has 0 radical (unpaired) electrons. The summed E-state index contributed by atoms with van der Waals surface area (Å²) in [6, 6.07) is 17.1. The van der Waals surface area contributed by atoms with Crippen molar-refractivity contribution in [2.24, 2.45) is 16.7 Å². The van der Waals surface area contributed by atoms with Crippen molar-refractivity contribution in [2.45, 2.75) is 20.3 Å². The molecule has 1 aliphatic carbocycles.